The summed E-state index contributed by atoms with van der Waals surface area (Å²) in [6.07, 6.45) is 0.0563. The van der Waals surface area contributed by atoms with Gasteiger partial charge in [0.1, 0.15) is 0 Å². The van der Waals surface area contributed by atoms with E-state index in [0.717, 1.165) is 11.0 Å². The van der Waals surface area contributed by atoms with Gasteiger partial charge >= 0.3 is 7.12 Å². The molecule has 0 aliphatic carbocycles. The molecular weight excluding hydrogens is 265 g/mol. The third-order valence-corrected chi connectivity index (χ3v) is 3.91. The maximum absolute atomic E-state index is 10.7. The molecule has 1 fully saturated rings. The lowest BCUT2D eigenvalue weighted by molar-refractivity contribution is -0.117. The molecule has 21 heavy (non-hydrogen) atoms. The molecule has 1 aliphatic heterocycles. The Morgan fingerprint density at radius 1 is 1.24 bits per heavy atom. The average molecular weight is 285 g/mol. The van der Waals surface area contributed by atoms with E-state index in [2.05, 4.69) is 11.8 Å². The Bertz CT molecular complexity index is 597. The van der Waals surface area contributed by atoms with Gasteiger partial charge in [0.25, 0.3) is 0 Å². The van der Waals surface area contributed by atoms with E-state index in [1.165, 1.54) is 0 Å². The van der Waals surface area contributed by atoms with E-state index in [9.17, 15) is 4.79 Å². The zero-order valence-electron chi connectivity index (χ0n) is 12.9. The Labute approximate surface area is 126 Å². The van der Waals surface area contributed by atoms with Gasteiger partial charge in [0.2, 0.25) is 5.91 Å². The molecule has 1 amide bonds. The molecule has 1 aromatic carbocycles. The highest BCUT2D eigenvalue weighted by molar-refractivity contribution is 6.62. The van der Waals surface area contributed by atoms with Crippen molar-refractivity contribution in [3.8, 4) is 11.8 Å². The molecular formula is C16H20BNO3. The molecule has 1 aromatic rings. The Morgan fingerprint density at radius 2 is 1.86 bits per heavy atom. The monoisotopic (exact) mass is 285 g/mol. The van der Waals surface area contributed by atoms with Crippen LogP contribution in [-0.4, -0.2) is 24.2 Å². The fraction of sp³-hybridized carbons (Fsp3) is 0.438. The third-order valence-electron chi connectivity index (χ3n) is 3.91. The smallest absolute Gasteiger partial charge is 0.399 e. The van der Waals surface area contributed by atoms with E-state index in [1.807, 2.05) is 52.0 Å². The van der Waals surface area contributed by atoms with Crippen LogP contribution >= 0.6 is 0 Å². The van der Waals surface area contributed by atoms with Crippen molar-refractivity contribution in [1.82, 2.24) is 0 Å². The molecule has 2 rings (SSSR count). The molecule has 0 unspecified atom stereocenters. The van der Waals surface area contributed by atoms with E-state index in [0.29, 0.717) is 0 Å². The van der Waals surface area contributed by atoms with Crippen LogP contribution in [0.4, 0.5) is 0 Å². The van der Waals surface area contributed by atoms with Gasteiger partial charge < -0.3 is 15.0 Å². The van der Waals surface area contributed by atoms with Crippen LogP contribution in [0.5, 0.6) is 0 Å². The van der Waals surface area contributed by atoms with Crippen molar-refractivity contribution in [3.63, 3.8) is 0 Å². The number of hydrogen-bond acceptors (Lipinski definition) is 3. The number of hydrogen-bond donors (Lipinski definition) is 1. The minimum atomic E-state index is -0.426. The van der Waals surface area contributed by atoms with Crippen LogP contribution in [0.15, 0.2) is 24.3 Å². The molecule has 5 heteroatoms. The second-order valence-electron chi connectivity index (χ2n) is 6.16. The van der Waals surface area contributed by atoms with Crippen LogP contribution in [0, 0.1) is 11.8 Å². The number of rotatable bonds is 2. The van der Waals surface area contributed by atoms with Gasteiger partial charge in [0.15, 0.2) is 0 Å². The molecule has 1 aliphatic rings. The molecule has 0 radical (unpaired) electrons. The molecule has 4 nitrogen and oxygen atoms in total. The fourth-order valence-corrected chi connectivity index (χ4v) is 1.98. The maximum Gasteiger partial charge on any atom is 0.494 e. The van der Waals surface area contributed by atoms with Gasteiger partial charge in [-0.3, -0.25) is 4.79 Å². The van der Waals surface area contributed by atoms with Crippen LogP contribution in [-0.2, 0) is 14.1 Å². The Hall–Kier alpha value is -1.77. The number of carbonyl (C=O) groups is 1. The quantitative estimate of drug-likeness (QED) is 0.656. The van der Waals surface area contributed by atoms with Crippen LogP contribution in [0.25, 0.3) is 0 Å². The van der Waals surface area contributed by atoms with Crippen molar-refractivity contribution in [2.45, 2.75) is 45.3 Å². The van der Waals surface area contributed by atoms with Crippen molar-refractivity contribution in [1.29, 1.82) is 0 Å². The van der Waals surface area contributed by atoms with E-state index >= 15 is 0 Å². The lowest BCUT2D eigenvalue weighted by Crippen LogP contribution is -2.41. The lowest BCUT2D eigenvalue weighted by Gasteiger charge is -2.32. The predicted octanol–water partition coefficient (Wildman–Crippen LogP) is 1.21. The largest absolute Gasteiger partial charge is 0.494 e. The summed E-state index contributed by atoms with van der Waals surface area (Å²) in [7, 11) is -0.409. The molecule has 0 saturated carbocycles. The normalized spacial score (nSPS) is 19.0. The number of benzene rings is 1. The summed E-state index contributed by atoms with van der Waals surface area (Å²) in [5, 5.41) is 0. The Morgan fingerprint density at radius 3 is 2.43 bits per heavy atom. The number of primary amides is 1. The summed E-state index contributed by atoms with van der Waals surface area (Å²) < 4.78 is 12.0. The first-order chi connectivity index (χ1) is 9.71. The van der Waals surface area contributed by atoms with Gasteiger partial charge in [0, 0.05) is 5.56 Å². The molecule has 0 bridgehead atoms. The molecule has 2 N–H and O–H groups in total. The summed E-state index contributed by atoms with van der Waals surface area (Å²) >= 11 is 0. The van der Waals surface area contributed by atoms with Crippen molar-refractivity contribution in [2.75, 3.05) is 0 Å². The third kappa shape index (κ3) is 3.47. The molecule has 0 aromatic heterocycles. The standard InChI is InChI=1S/C16H20BNO3/c1-15(2)16(3,4)21-17(20-15)13-9-5-7-12(11-13)8-6-10-14(18)19/h5,7,9,11H,10H2,1-4H3,(H2,18,19). The first kappa shape index (κ1) is 15.6. The van der Waals surface area contributed by atoms with Gasteiger partial charge in [-0.25, -0.2) is 0 Å². The van der Waals surface area contributed by atoms with Gasteiger partial charge in [-0.1, -0.05) is 24.0 Å². The van der Waals surface area contributed by atoms with E-state index in [4.69, 9.17) is 15.0 Å². The molecule has 0 spiro atoms. The fourth-order valence-electron chi connectivity index (χ4n) is 1.98. The highest BCUT2D eigenvalue weighted by Crippen LogP contribution is 2.36. The zero-order valence-corrected chi connectivity index (χ0v) is 12.9. The number of carbonyl (C=O) groups excluding carboxylic acids is 1. The first-order valence-electron chi connectivity index (χ1n) is 6.94. The SMILES string of the molecule is CC1(C)OB(c2cccc(C#CCC(N)=O)c2)OC1(C)C. The van der Waals surface area contributed by atoms with Crippen LogP contribution in [0.2, 0.25) is 0 Å². The Balaban J connectivity index is 2.19. The van der Waals surface area contributed by atoms with Gasteiger partial charge in [-0.2, -0.15) is 0 Å². The van der Waals surface area contributed by atoms with Crippen LogP contribution in [0.3, 0.4) is 0 Å². The molecule has 110 valence electrons. The van der Waals surface area contributed by atoms with E-state index in [1.54, 1.807) is 0 Å². The maximum atomic E-state index is 10.7. The highest BCUT2D eigenvalue weighted by atomic mass is 16.7. The van der Waals surface area contributed by atoms with Crippen LogP contribution < -0.4 is 11.2 Å². The second kappa shape index (κ2) is 5.55. The van der Waals surface area contributed by atoms with Crippen molar-refractivity contribution in [2.24, 2.45) is 5.73 Å². The lowest BCUT2D eigenvalue weighted by atomic mass is 9.78. The number of nitrogens with two attached hydrogens (primary N) is 1. The minimum Gasteiger partial charge on any atom is -0.399 e. The minimum absolute atomic E-state index is 0.0563. The van der Waals surface area contributed by atoms with E-state index < -0.39 is 13.0 Å². The summed E-state index contributed by atoms with van der Waals surface area (Å²) in [4.78, 5) is 10.7. The first-order valence-corrected chi connectivity index (χ1v) is 6.94. The van der Waals surface area contributed by atoms with Crippen molar-refractivity contribution in [3.05, 3.63) is 29.8 Å². The summed E-state index contributed by atoms with van der Waals surface area (Å²) in [6, 6.07) is 7.63. The van der Waals surface area contributed by atoms with Crippen LogP contribution in [0.1, 0.15) is 39.7 Å². The Kier molecular flexibility index (Phi) is 4.13. The topological polar surface area (TPSA) is 61.5 Å². The van der Waals surface area contributed by atoms with Gasteiger partial charge in [0.05, 0.1) is 17.6 Å². The summed E-state index contributed by atoms with van der Waals surface area (Å²) in [6.45, 7) is 8.07. The van der Waals surface area contributed by atoms with Gasteiger partial charge in [-0.15, -0.1) is 0 Å². The molecule has 1 heterocycles. The number of amides is 1. The zero-order chi connectivity index (χ0) is 15.7. The summed E-state index contributed by atoms with van der Waals surface area (Å²) in [5.74, 6) is 5.24. The second-order valence-corrected chi connectivity index (χ2v) is 6.16. The van der Waals surface area contributed by atoms with Crippen molar-refractivity contribution >= 4 is 18.5 Å². The average Bonchev–Trinajstić information content (AvgIpc) is 2.58. The summed E-state index contributed by atoms with van der Waals surface area (Å²) in [5.41, 5.74) is 6.05. The molecule has 0 atom stereocenters. The van der Waals surface area contributed by atoms with Gasteiger partial charge in [-0.05, 0) is 45.3 Å². The molecule has 1 saturated heterocycles. The van der Waals surface area contributed by atoms with E-state index in [-0.39, 0.29) is 17.6 Å². The van der Waals surface area contributed by atoms with Crippen molar-refractivity contribution < 1.29 is 14.1 Å². The highest BCUT2D eigenvalue weighted by Gasteiger charge is 2.51. The predicted molar refractivity (Wildman–Crippen MR) is 82.8 cm³/mol.